The van der Waals surface area contributed by atoms with Gasteiger partial charge in [-0.25, -0.2) is 0 Å². The fraction of sp³-hybridized carbons (Fsp3) is 0.800. The Morgan fingerprint density at radius 2 is 2.00 bits per heavy atom. The standard InChI is InChI=1S/C15H27N3/c1-3-13-4-6-14(7-5-13)12-16-10-8-15-9-11-17-18(15)2/h9,11,13-14,16H,3-8,10,12H2,1-2H3. The van der Waals surface area contributed by atoms with Crippen molar-refractivity contribution >= 4 is 0 Å². The van der Waals surface area contributed by atoms with Crippen molar-refractivity contribution < 1.29 is 0 Å². The smallest absolute Gasteiger partial charge is 0.0492 e. The van der Waals surface area contributed by atoms with Crippen molar-refractivity contribution in [1.82, 2.24) is 15.1 Å². The molecular formula is C15H27N3. The van der Waals surface area contributed by atoms with E-state index < -0.39 is 0 Å². The highest BCUT2D eigenvalue weighted by atomic mass is 15.3. The van der Waals surface area contributed by atoms with Gasteiger partial charge < -0.3 is 5.32 Å². The molecule has 0 aliphatic heterocycles. The summed E-state index contributed by atoms with van der Waals surface area (Å²) in [5.41, 5.74) is 1.32. The van der Waals surface area contributed by atoms with Crippen molar-refractivity contribution in [3.05, 3.63) is 18.0 Å². The van der Waals surface area contributed by atoms with Crippen molar-refractivity contribution in [2.75, 3.05) is 13.1 Å². The summed E-state index contributed by atoms with van der Waals surface area (Å²) < 4.78 is 1.97. The van der Waals surface area contributed by atoms with E-state index in [2.05, 4.69) is 23.4 Å². The Morgan fingerprint density at radius 3 is 2.61 bits per heavy atom. The molecule has 1 aliphatic carbocycles. The molecule has 0 amide bonds. The Balaban J connectivity index is 1.58. The lowest BCUT2D eigenvalue weighted by molar-refractivity contribution is 0.263. The first kappa shape index (κ1) is 13.6. The number of aromatic nitrogens is 2. The second kappa shape index (κ2) is 6.93. The normalized spacial score (nSPS) is 24.3. The first-order chi connectivity index (χ1) is 8.79. The van der Waals surface area contributed by atoms with Crippen molar-refractivity contribution in [1.29, 1.82) is 0 Å². The summed E-state index contributed by atoms with van der Waals surface area (Å²) in [7, 11) is 2.02. The predicted molar refractivity (Wildman–Crippen MR) is 75.5 cm³/mol. The first-order valence-electron chi connectivity index (χ1n) is 7.47. The lowest BCUT2D eigenvalue weighted by atomic mass is 9.81. The molecular weight excluding hydrogens is 222 g/mol. The number of rotatable bonds is 6. The zero-order chi connectivity index (χ0) is 12.8. The Kier molecular flexibility index (Phi) is 5.24. The molecule has 2 rings (SSSR count). The van der Waals surface area contributed by atoms with Crippen molar-refractivity contribution in [3.8, 4) is 0 Å². The maximum Gasteiger partial charge on any atom is 0.0492 e. The summed E-state index contributed by atoms with van der Waals surface area (Å²) in [5.74, 6) is 1.93. The molecule has 0 bridgehead atoms. The van der Waals surface area contributed by atoms with Crippen molar-refractivity contribution in [2.24, 2.45) is 18.9 Å². The van der Waals surface area contributed by atoms with Gasteiger partial charge in [0.1, 0.15) is 0 Å². The number of aryl methyl sites for hydroxylation is 1. The van der Waals surface area contributed by atoms with Crippen LogP contribution < -0.4 is 5.32 Å². The summed E-state index contributed by atoms with van der Waals surface area (Å²) in [5, 5.41) is 7.80. The highest BCUT2D eigenvalue weighted by molar-refractivity contribution is 5.00. The van der Waals surface area contributed by atoms with E-state index in [0.29, 0.717) is 0 Å². The van der Waals surface area contributed by atoms with E-state index in [9.17, 15) is 0 Å². The summed E-state index contributed by atoms with van der Waals surface area (Å²) >= 11 is 0. The summed E-state index contributed by atoms with van der Waals surface area (Å²) in [4.78, 5) is 0. The van der Waals surface area contributed by atoms with Crippen LogP contribution in [0.2, 0.25) is 0 Å². The van der Waals surface area contributed by atoms with Crippen molar-refractivity contribution in [2.45, 2.75) is 45.4 Å². The van der Waals surface area contributed by atoms with E-state index in [1.807, 2.05) is 17.9 Å². The molecule has 1 aliphatic rings. The van der Waals surface area contributed by atoms with Crippen LogP contribution in [-0.2, 0) is 13.5 Å². The Labute approximate surface area is 111 Å². The largest absolute Gasteiger partial charge is 0.316 e. The molecule has 102 valence electrons. The molecule has 0 aromatic carbocycles. The van der Waals surface area contributed by atoms with Crippen molar-refractivity contribution in [3.63, 3.8) is 0 Å². The van der Waals surface area contributed by atoms with E-state index in [4.69, 9.17) is 0 Å². The monoisotopic (exact) mass is 249 g/mol. The fourth-order valence-electron chi connectivity index (χ4n) is 3.01. The second-order valence-corrected chi connectivity index (χ2v) is 5.70. The Morgan fingerprint density at radius 1 is 1.28 bits per heavy atom. The lowest BCUT2D eigenvalue weighted by Crippen LogP contribution is -2.28. The first-order valence-corrected chi connectivity index (χ1v) is 7.47. The third kappa shape index (κ3) is 3.84. The lowest BCUT2D eigenvalue weighted by Gasteiger charge is -2.27. The topological polar surface area (TPSA) is 29.9 Å². The molecule has 0 saturated heterocycles. The van der Waals surface area contributed by atoms with Gasteiger partial charge >= 0.3 is 0 Å². The molecule has 1 N–H and O–H groups in total. The molecule has 1 heterocycles. The van der Waals surface area contributed by atoms with Gasteiger partial charge in [-0.3, -0.25) is 4.68 Å². The van der Waals surface area contributed by atoms with Gasteiger partial charge in [0.25, 0.3) is 0 Å². The molecule has 0 spiro atoms. The van der Waals surface area contributed by atoms with Gasteiger partial charge in [-0.2, -0.15) is 5.10 Å². The molecule has 1 saturated carbocycles. The van der Waals surface area contributed by atoms with Crippen LogP contribution >= 0.6 is 0 Å². The van der Waals surface area contributed by atoms with Gasteiger partial charge in [-0.05, 0) is 37.3 Å². The zero-order valence-corrected chi connectivity index (χ0v) is 11.9. The van der Waals surface area contributed by atoms with Gasteiger partial charge in [-0.1, -0.05) is 26.2 Å². The number of hydrogen-bond acceptors (Lipinski definition) is 2. The summed E-state index contributed by atoms with van der Waals surface area (Å²) in [6, 6.07) is 2.11. The molecule has 1 aromatic heterocycles. The van der Waals surface area contributed by atoms with Crippen LogP contribution in [0, 0.1) is 11.8 Å². The minimum atomic E-state index is 0.916. The van der Waals surface area contributed by atoms with Crippen LogP contribution in [0.15, 0.2) is 12.3 Å². The predicted octanol–water partition coefficient (Wildman–Crippen LogP) is 2.77. The Bertz CT molecular complexity index is 337. The highest BCUT2D eigenvalue weighted by Gasteiger charge is 2.19. The molecule has 0 radical (unpaired) electrons. The summed E-state index contributed by atoms with van der Waals surface area (Å²) in [6.45, 7) is 4.61. The van der Waals surface area contributed by atoms with E-state index in [1.165, 1.54) is 44.3 Å². The molecule has 1 aromatic rings. The van der Waals surface area contributed by atoms with Crippen LogP contribution in [-0.4, -0.2) is 22.9 Å². The van der Waals surface area contributed by atoms with Crippen LogP contribution in [0.1, 0.15) is 44.7 Å². The zero-order valence-electron chi connectivity index (χ0n) is 11.9. The number of nitrogens with zero attached hydrogens (tertiary/aromatic N) is 2. The van der Waals surface area contributed by atoms with E-state index >= 15 is 0 Å². The average Bonchev–Trinajstić information content (AvgIpc) is 2.81. The van der Waals surface area contributed by atoms with E-state index in [1.54, 1.807) is 0 Å². The molecule has 0 atom stereocenters. The third-order valence-corrected chi connectivity index (χ3v) is 4.46. The maximum atomic E-state index is 4.19. The minimum Gasteiger partial charge on any atom is -0.316 e. The molecule has 18 heavy (non-hydrogen) atoms. The van der Waals surface area contributed by atoms with Crippen LogP contribution in [0.5, 0.6) is 0 Å². The average molecular weight is 249 g/mol. The fourth-order valence-corrected chi connectivity index (χ4v) is 3.01. The van der Waals surface area contributed by atoms with Gasteiger partial charge in [0, 0.05) is 31.9 Å². The highest BCUT2D eigenvalue weighted by Crippen LogP contribution is 2.29. The maximum absolute atomic E-state index is 4.19. The summed E-state index contributed by atoms with van der Waals surface area (Å²) in [6.07, 6.45) is 10.1. The quantitative estimate of drug-likeness (QED) is 0.786. The molecule has 1 fully saturated rings. The van der Waals surface area contributed by atoms with Crippen LogP contribution in [0.4, 0.5) is 0 Å². The number of hydrogen-bond donors (Lipinski definition) is 1. The van der Waals surface area contributed by atoms with E-state index in [0.717, 1.165) is 24.8 Å². The molecule has 3 heteroatoms. The van der Waals surface area contributed by atoms with Gasteiger partial charge in [0.15, 0.2) is 0 Å². The second-order valence-electron chi connectivity index (χ2n) is 5.70. The number of nitrogens with one attached hydrogen (secondary N) is 1. The van der Waals surface area contributed by atoms with Gasteiger partial charge in [-0.15, -0.1) is 0 Å². The molecule has 3 nitrogen and oxygen atoms in total. The van der Waals surface area contributed by atoms with E-state index in [-0.39, 0.29) is 0 Å². The Hall–Kier alpha value is -0.830. The minimum absolute atomic E-state index is 0.916. The van der Waals surface area contributed by atoms with Crippen LogP contribution in [0.25, 0.3) is 0 Å². The van der Waals surface area contributed by atoms with Gasteiger partial charge in [0.2, 0.25) is 0 Å². The molecule has 0 unspecified atom stereocenters. The third-order valence-electron chi connectivity index (χ3n) is 4.46. The van der Waals surface area contributed by atoms with Crippen LogP contribution in [0.3, 0.4) is 0 Å². The van der Waals surface area contributed by atoms with Gasteiger partial charge in [0.05, 0.1) is 0 Å². The SMILES string of the molecule is CCC1CCC(CNCCc2ccnn2C)CC1.